The molecule has 2 aromatic carbocycles. The maximum atomic E-state index is 16.6. The molecule has 7 rings (SSSR count). The first-order valence-electron chi connectivity index (χ1n) is 15.5. The molecule has 45 heavy (non-hydrogen) atoms. The normalized spacial score (nSPS) is 29.3. The van der Waals surface area contributed by atoms with Crippen LogP contribution in [0.1, 0.15) is 33.1 Å². The highest BCUT2D eigenvalue weighted by Gasteiger charge is 2.56. The minimum atomic E-state index is -5.26. The largest absolute Gasteiger partial charge is 0.461 e. The van der Waals surface area contributed by atoms with Crippen LogP contribution in [0.4, 0.5) is 46.6 Å². The van der Waals surface area contributed by atoms with E-state index in [1.54, 1.807) is 4.90 Å². The first-order chi connectivity index (χ1) is 22.1. The molecule has 0 radical (unpaired) electrons. The number of aromatic nitrogens is 2. The van der Waals surface area contributed by atoms with Crippen LogP contribution >= 0.6 is 0 Å². The number of benzene rings is 2. The van der Waals surface area contributed by atoms with Crippen LogP contribution in [0.3, 0.4) is 0 Å². The molecule has 1 aliphatic carbocycles. The highest BCUT2D eigenvalue weighted by Crippen LogP contribution is 2.48. The molecule has 242 valence electrons. The van der Waals surface area contributed by atoms with Gasteiger partial charge in [-0.25, -0.2) is 22.0 Å². The highest BCUT2D eigenvalue weighted by atomic mass is 19.4. The predicted octanol–water partition coefficient (Wildman–Crippen LogP) is 5.75. The highest BCUT2D eigenvalue weighted by molar-refractivity contribution is 5.95. The molecule has 4 heterocycles. The molecule has 3 aliphatic heterocycles. The van der Waals surface area contributed by atoms with Crippen LogP contribution < -0.4 is 15.4 Å². The Morgan fingerprint density at radius 1 is 1.16 bits per heavy atom. The maximum Gasteiger partial charge on any atom is 0.417 e. The Kier molecular flexibility index (Phi) is 6.52. The van der Waals surface area contributed by atoms with Crippen molar-refractivity contribution in [3.63, 3.8) is 0 Å². The van der Waals surface area contributed by atoms with Gasteiger partial charge in [0.15, 0.2) is 5.82 Å². The van der Waals surface area contributed by atoms with Crippen molar-refractivity contribution in [1.82, 2.24) is 14.9 Å². The molecular formula is C30H29F8N5O2. The predicted molar refractivity (Wildman–Crippen MR) is 148 cm³/mol. The lowest BCUT2D eigenvalue weighted by atomic mass is 9.92. The fourth-order valence-electron chi connectivity index (χ4n) is 7.14. The van der Waals surface area contributed by atoms with Gasteiger partial charge in [-0.3, -0.25) is 4.90 Å². The van der Waals surface area contributed by atoms with Crippen molar-refractivity contribution in [2.75, 3.05) is 50.0 Å². The van der Waals surface area contributed by atoms with Gasteiger partial charge < -0.3 is 20.1 Å². The van der Waals surface area contributed by atoms with Crippen molar-refractivity contribution in [3.8, 4) is 17.1 Å². The SMILES string of the molecule is [2H]C([2H])(Oc1nc(N2CCOC[C@@H]3[C@@H](F)[C@@H]32)c2cc(F)c(-c3cc(N)c(F)c(C)c3C(F)(F)F)c(F)c2n1)[C@@]12CCCN1C[C@H](F)C2. The molecule has 15 heteroatoms. The number of rotatable bonds is 5. The summed E-state index contributed by atoms with van der Waals surface area (Å²) in [7, 11) is 0. The van der Waals surface area contributed by atoms with E-state index in [2.05, 4.69) is 9.97 Å². The molecule has 0 unspecified atom stereocenters. The van der Waals surface area contributed by atoms with E-state index in [-0.39, 0.29) is 50.3 Å². The molecule has 3 saturated heterocycles. The lowest BCUT2D eigenvalue weighted by molar-refractivity contribution is -0.137. The summed E-state index contributed by atoms with van der Waals surface area (Å²) in [6.07, 6.45) is -7.42. The van der Waals surface area contributed by atoms with E-state index in [4.69, 9.17) is 17.9 Å². The molecule has 0 amide bonds. The summed E-state index contributed by atoms with van der Waals surface area (Å²) in [6.45, 7) is -1.35. The summed E-state index contributed by atoms with van der Waals surface area (Å²) in [4.78, 5) is 11.3. The third kappa shape index (κ3) is 4.84. The number of nitrogen functional groups attached to an aromatic ring is 1. The van der Waals surface area contributed by atoms with Gasteiger partial charge in [-0.1, -0.05) is 0 Å². The van der Waals surface area contributed by atoms with Gasteiger partial charge in [0.1, 0.15) is 41.9 Å². The third-order valence-corrected chi connectivity index (χ3v) is 9.31. The van der Waals surface area contributed by atoms with Crippen LogP contribution in [0.5, 0.6) is 6.01 Å². The average molecular weight is 646 g/mol. The van der Waals surface area contributed by atoms with Crippen LogP contribution in [0.25, 0.3) is 22.0 Å². The molecule has 4 aliphatic rings. The summed E-state index contributed by atoms with van der Waals surface area (Å²) in [5.74, 6) is -5.37. The first-order valence-corrected chi connectivity index (χ1v) is 14.5. The number of hydrogen-bond donors (Lipinski definition) is 1. The summed E-state index contributed by atoms with van der Waals surface area (Å²) in [5, 5.41) is -0.359. The third-order valence-electron chi connectivity index (χ3n) is 9.31. The van der Waals surface area contributed by atoms with Gasteiger partial charge in [0, 0.05) is 36.4 Å². The second-order valence-electron chi connectivity index (χ2n) is 12.1. The fraction of sp³-hybridized carbons (Fsp3) is 0.533. The van der Waals surface area contributed by atoms with Crippen molar-refractivity contribution in [1.29, 1.82) is 0 Å². The molecule has 0 bridgehead atoms. The molecule has 5 atom stereocenters. The molecule has 1 saturated carbocycles. The lowest BCUT2D eigenvalue weighted by Gasteiger charge is -2.31. The zero-order chi connectivity index (χ0) is 33.8. The quantitative estimate of drug-likeness (QED) is 0.280. The Hall–Kier alpha value is -3.46. The number of alkyl halides is 5. The van der Waals surface area contributed by atoms with Crippen molar-refractivity contribution in [3.05, 3.63) is 40.7 Å². The van der Waals surface area contributed by atoms with Gasteiger partial charge in [0.05, 0.1) is 44.4 Å². The fourth-order valence-corrected chi connectivity index (χ4v) is 7.14. The molecule has 7 nitrogen and oxygen atoms in total. The van der Waals surface area contributed by atoms with Crippen LogP contribution in [-0.2, 0) is 10.9 Å². The second-order valence-corrected chi connectivity index (χ2v) is 12.1. The topological polar surface area (TPSA) is 76.7 Å². The van der Waals surface area contributed by atoms with E-state index in [1.165, 1.54) is 4.90 Å². The Bertz CT molecular complexity index is 1780. The average Bonchev–Trinajstić information content (AvgIpc) is 3.33. The number of nitrogens with two attached hydrogens (primary N) is 1. The summed E-state index contributed by atoms with van der Waals surface area (Å²) >= 11 is 0. The van der Waals surface area contributed by atoms with E-state index in [0.717, 1.165) is 6.92 Å². The molecule has 0 spiro atoms. The number of halogens is 8. The Morgan fingerprint density at radius 3 is 2.69 bits per heavy atom. The summed E-state index contributed by atoms with van der Waals surface area (Å²) < 4.78 is 148. The summed E-state index contributed by atoms with van der Waals surface area (Å²) in [6, 6.07) is -0.434. The van der Waals surface area contributed by atoms with Gasteiger partial charge in [-0.2, -0.15) is 23.1 Å². The van der Waals surface area contributed by atoms with Crippen LogP contribution in [0, 0.1) is 30.3 Å². The number of ether oxygens (including phenoxy) is 2. The van der Waals surface area contributed by atoms with Crippen LogP contribution in [0.2, 0.25) is 0 Å². The minimum Gasteiger partial charge on any atom is -0.461 e. The monoisotopic (exact) mass is 645 g/mol. The first kappa shape index (κ1) is 27.8. The van der Waals surface area contributed by atoms with Crippen molar-refractivity contribution in [2.24, 2.45) is 5.92 Å². The van der Waals surface area contributed by atoms with Crippen molar-refractivity contribution < 1.29 is 47.3 Å². The zero-order valence-electron chi connectivity index (χ0n) is 25.8. The number of anilines is 2. The molecular weight excluding hydrogens is 614 g/mol. The Balaban J connectivity index is 1.44. The lowest BCUT2D eigenvalue weighted by Crippen LogP contribution is -2.43. The Morgan fingerprint density at radius 2 is 1.93 bits per heavy atom. The van der Waals surface area contributed by atoms with Crippen LogP contribution in [-0.4, -0.2) is 78.2 Å². The van der Waals surface area contributed by atoms with Gasteiger partial charge in [0.2, 0.25) is 0 Å². The van der Waals surface area contributed by atoms with Gasteiger partial charge in [-0.05, 0) is 44.0 Å². The molecule has 2 N–H and O–H groups in total. The van der Waals surface area contributed by atoms with E-state index < -0.39 is 99.5 Å². The number of nitrogens with zero attached hydrogens (tertiary/aromatic N) is 4. The molecule has 1 aromatic heterocycles. The van der Waals surface area contributed by atoms with E-state index in [0.29, 0.717) is 25.1 Å². The van der Waals surface area contributed by atoms with Crippen molar-refractivity contribution >= 4 is 22.4 Å². The minimum absolute atomic E-state index is 0.00180. The Labute approximate surface area is 255 Å². The standard InChI is InChI=1S/C30H29F8N5O2/c1-13-21(30(36,37)38)15(8-19(39)22(13)33)20-18(32)7-16-25(24(20)35)40-28(45-12-29-3-2-4-42(29)10-14(31)9-29)41-27(16)43-5-6-44-11-17-23(34)26(17)43/h7-8,14,17,23,26H,2-6,9-12,39H2,1H3/t14-,17-,23-,26-,29+/m1/s1/i12D2. The number of fused-ring (bicyclic) bond motifs is 3. The van der Waals surface area contributed by atoms with Gasteiger partial charge in [0.25, 0.3) is 0 Å². The second kappa shape index (κ2) is 10.5. The van der Waals surface area contributed by atoms with E-state index >= 15 is 8.78 Å². The van der Waals surface area contributed by atoms with E-state index in [9.17, 15) is 26.3 Å². The van der Waals surface area contributed by atoms with Gasteiger partial charge >= 0.3 is 12.2 Å². The smallest absolute Gasteiger partial charge is 0.417 e. The van der Waals surface area contributed by atoms with Gasteiger partial charge in [-0.15, -0.1) is 0 Å². The summed E-state index contributed by atoms with van der Waals surface area (Å²) in [5.41, 5.74) is -2.30. The van der Waals surface area contributed by atoms with E-state index in [1.807, 2.05) is 0 Å². The molecule has 3 aromatic rings. The molecule has 4 fully saturated rings. The van der Waals surface area contributed by atoms with Crippen molar-refractivity contribution in [2.45, 2.75) is 56.3 Å². The number of hydrogen-bond acceptors (Lipinski definition) is 7. The van der Waals surface area contributed by atoms with Crippen LogP contribution in [0.15, 0.2) is 12.1 Å². The maximum absolute atomic E-state index is 16.6. The zero-order valence-corrected chi connectivity index (χ0v) is 23.8.